The maximum atomic E-state index is 12.5. The first kappa shape index (κ1) is 17.6. The Hall–Kier alpha value is -2.17. The van der Waals surface area contributed by atoms with Crippen LogP contribution in [0.15, 0.2) is 28.8 Å². The number of aromatic nitrogens is 2. The minimum atomic E-state index is 0.226. The van der Waals surface area contributed by atoms with Crippen LogP contribution in [0.5, 0.6) is 0 Å². The van der Waals surface area contributed by atoms with Crippen molar-refractivity contribution >= 4 is 5.91 Å². The molecular weight excluding hydrogens is 314 g/mol. The maximum absolute atomic E-state index is 12.5. The Labute approximate surface area is 149 Å². The summed E-state index contributed by atoms with van der Waals surface area (Å²) in [5, 5.41) is 4.03. The number of piperidine rings is 1. The highest BCUT2D eigenvalue weighted by molar-refractivity contribution is 5.78. The first-order chi connectivity index (χ1) is 12.0. The van der Waals surface area contributed by atoms with Gasteiger partial charge in [0.05, 0.1) is 6.42 Å². The zero-order valence-electron chi connectivity index (χ0n) is 15.4. The number of benzene rings is 1. The van der Waals surface area contributed by atoms with Gasteiger partial charge < -0.3 is 9.42 Å². The van der Waals surface area contributed by atoms with Crippen LogP contribution in [0.2, 0.25) is 0 Å². The van der Waals surface area contributed by atoms with E-state index in [9.17, 15) is 4.79 Å². The zero-order chi connectivity index (χ0) is 17.8. The lowest BCUT2D eigenvalue weighted by Crippen LogP contribution is -2.39. The molecule has 5 nitrogen and oxygen atoms in total. The third-order valence-electron chi connectivity index (χ3n) is 4.87. The molecule has 1 amide bonds. The van der Waals surface area contributed by atoms with Crippen molar-refractivity contribution in [2.45, 2.75) is 52.4 Å². The molecule has 1 fully saturated rings. The average Bonchev–Trinajstić information content (AvgIpc) is 3.04. The van der Waals surface area contributed by atoms with Gasteiger partial charge in [0.25, 0.3) is 0 Å². The second kappa shape index (κ2) is 7.81. The smallest absolute Gasteiger partial charge is 0.226 e. The fourth-order valence-corrected chi connectivity index (χ4v) is 3.33. The molecule has 0 spiro atoms. The van der Waals surface area contributed by atoms with Crippen LogP contribution in [0, 0.1) is 12.8 Å². The zero-order valence-corrected chi connectivity index (χ0v) is 15.4. The molecule has 0 radical (unpaired) electrons. The molecule has 0 N–H and O–H groups in total. The van der Waals surface area contributed by atoms with Gasteiger partial charge in [-0.05, 0) is 31.2 Å². The van der Waals surface area contributed by atoms with Crippen LogP contribution >= 0.6 is 0 Å². The molecule has 1 aliphatic rings. The minimum absolute atomic E-state index is 0.226. The molecule has 0 bridgehead atoms. The predicted molar refractivity (Wildman–Crippen MR) is 96.3 cm³/mol. The molecule has 2 heterocycles. The van der Waals surface area contributed by atoms with Crippen LogP contribution in [0.1, 0.15) is 55.4 Å². The number of aryl methyl sites for hydroxylation is 1. The lowest BCUT2D eigenvalue weighted by Gasteiger charge is -2.31. The van der Waals surface area contributed by atoms with E-state index in [1.807, 2.05) is 17.0 Å². The SMILES string of the molecule is Cc1cccc(CC(=O)N2CCC(Cc3nc(C(C)C)no3)CC2)c1. The minimum Gasteiger partial charge on any atom is -0.342 e. The molecule has 0 unspecified atom stereocenters. The molecule has 1 aliphatic heterocycles. The Kier molecular flexibility index (Phi) is 5.51. The summed E-state index contributed by atoms with van der Waals surface area (Å²) >= 11 is 0. The summed E-state index contributed by atoms with van der Waals surface area (Å²) in [5.41, 5.74) is 2.29. The number of amides is 1. The lowest BCUT2D eigenvalue weighted by molar-refractivity contribution is -0.131. The number of hydrogen-bond acceptors (Lipinski definition) is 4. The normalized spacial score (nSPS) is 15.8. The van der Waals surface area contributed by atoms with Gasteiger partial charge >= 0.3 is 0 Å². The van der Waals surface area contributed by atoms with Crippen molar-refractivity contribution in [3.63, 3.8) is 0 Å². The summed E-state index contributed by atoms with van der Waals surface area (Å²) in [6.45, 7) is 7.82. The van der Waals surface area contributed by atoms with Crippen molar-refractivity contribution in [3.8, 4) is 0 Å². The third-order valence-corrected chi connectivity index (χ3v) is 4.87. The van der Waals surface area contributed by atoms with Gasteiger partial charge in [0.15, 0.2) is 5.82 Å². The third kappa shape index (κ3) is 4.68. The van der Waals surface area contributed by atoms with Crippen molar-refractivity contribution in [1.29, 1.82) is 0 Å². The molecule has 1 aromatic carbocycles. The monoisotopic (exact) mass is 341 g/mol. The lowest BCUT2D eigenvalue weighted by atomic mass is 9.93. The standard InChI is InChI=1S/C20H27N3O2/c1-14(2)20-21-18(25-22-20)12-16-7-9-23(10-8-16)19(24)13-17-6-4-5-15(3)11-17/h4-6,11,14,16H,7-10,12-13H2,1-3H3. The molecule has 25 heavy (non-hydrogen) atoms. The molecule has 1 aromatic heterocycles. The van der Waals surface area contributed by atoms with Gasteiger partial charge in [-0.1, -0.05) is 48.8 Å². The van der Waals surface area contributed by atoms with Crippen molar-refractivity contribution < 1.29 is 9.32 Å². The molecule has 0 aliphatic carbocycles. The molecule has 3 rings (SSSR count). The number of carbonyl (C=O) groups excluding carboxylic acids is 1. The summed E-state index contributed by atoms with van der Waals surface area (Å²) in [6, 6.07) is 8.19. The van der Waals surface area contributed by atoms with Crippen LogP contribution in [-0.4, -0.2) is 34.0 Å². The molecular formula is C20H27N3O2. The summed E-state index contributed by atoms with van der Waals surface area (Å²) in [4.78, 5) is 19.0. The average molecular weight is 341 g/mol. The van der Waals surface area contributed by atoms with E-state index >= 15 is 0 Å². The number of nitrogens with zero attached hydrogens (tertiary/aromatic N) is 3. The Morgan fingerprint density at radius 2 is 2.08 bits per heavy atom. The van der Waals surface area contributed by atoms with Gasteiger partial charge in [-0.25, -0.2) is 0 Å². The van der Waals surface area contributed by atoms with E-state index in [1.165, 1.54) is 5.56 Å². The van der Waals surface area contributed by atoms with Gasteiger partial charge in [-0.2, -0.15) is 4.98 Å². The first-order valence-corrected chi connectivity index (χ1v) is 9.17. The first-order valence-electron chi connectivity index (χ1n) is 9.17. The highest BCUT2D eigenvalue weighted by Crippen LogP contribution is 2.22. The van der Waals surface area contributed by atoms with Gasteiger partial charge in [-0.15, -0.1) is 0 Å². The van der Waals surface area contributed by atoms with E-state index in [0.29, 0.717) is 18.3 Å². The Balaban J connectivity index is 1.48. The highest BCUT2D eigenvalue weighted by atomic mass is 16.5. The second-order valence-electron chi connectivity index (χ2n) is 7.40. The van der Waals surface area contributed by atoms with Crippen molar-refractivity contribution in [2.75, 3.05) is 13.1 Å². The van der Waals surface area contributed by atoms with Crippen molar-refractivity contribution in [1.82, 2.24) is 15.0 Å². The van der Waals surface area contributed by atoms with E-state index in [0.717, 1.165) is 49.6 Å². The summed E-state index contributed by atoms with van der Waals surface area (Å²) in [5.74, 6) is 2.54. The van der Waals surface area contributed by atoms with E-state index in [1.54, 1.807) is 0 Å². The molecule has 0 atom stereocenters. The van der Waals surface area contributed by atoms with Crippen LogP contribution in [0.25, 0.3) is 0 Å². The largest absolute Gasteiger partial charge is 0.342 e. The molecule has 2 aromatic rings. The number of rotatable bonds is 5. The molecule has 1 saturated heterocycles. The van der Waals surface area contributed by atoms with E-state index in [2.05, 4.69) is 43.0 Å². The van der Waals surface area contributed by atoms with Gasteiger partial charge in [0.2, 0.25) is 11.8 Å². The molecule has 0 saturated carbocycles. The van der Waals surface area contributed by atoms with Crippen LogP contribution in [0.3, 0.4) is 0 Å². The fourth-order valence-electron chi connectivity index (χ4n) is 3.33. The predicted octanol–water partition coefficient (Wildman–Crippen LogP) is 3.53. The molecule has 134 valence electrons. The summed E-state index contributed by atoms with van der Waals surface area (Å²) in [7, 11) is 0. The topological polar surface area (TPSA) is 59.2 Å². The highest BCUT2D eigenvalue weighted by Gasteiger charge is 2.24. The second-order valence-corrected chi connectivity index (χ2v) is 7.40. The summed E-state index contributed by atoms with van der Waals surface area (Å²) in [6.07, 6.45) is 3.31. The maximum Gasteiger partial charge on any atom is 0.226 e. The van der Waals surface area contributed by atoms with Gasteiger partial charge in [-0.3, -0.25) is 4.79 Å². The Bertz CT molecular complexity index is 715. The van der Waals surface area contributed by atoms with Gasteiger partial charge in [0, 0.05) is 25.4 Å². The van der Waals surface area contributed by atoms with E-state index in [-0.39, 0.29) is 5.91 Å². The molecule has 5 heteroatoms. The van der Waals surface area contributed by atoms with E-state index in [4.69, 9.17) is 4.52 Å². The Morgan fingerprint density at radius 3 is 2.72 bits per heavy atom. The van der Waals surface area contributed by atoms with Crippen LogP contribution in [-0.2, 0) is 17.6 Å². The number of hydrogen-bond donors (Lipinski definition) is 0. The van der Waals surface area contributed by atoms with Crippen molar-refractivity contribution in [2.24, 2.45) is 5.92 Å². The van der Waals surface area contributed by atoms with Crippen LogP contribution in [0.4, 0.5) is 0 Å². The van der Waals surface area contributed by atoms with Gasteiger partial charge in [0.1, 0.15) is 0 Å². The van der Waals surface area contributed by atoms with E-state index < -0.39 is 0 Å². The quantitative estimate of drug-likeness (QED) is 0.835. The number of likely N-dealkylation sites (tertiary alicyclic amines) is 1. The van der Waals surface area contributed by atoms with Crippen LogP contribution < -0.4 is 0 Å². The number of carbonyl (C=O) groups is 1. The summed E-state index contributed by atoms with van der Waals surface area (Å²) < 4.78 is 5.35. The fraction of sp³-hybridized carbons (Fsp3) is 0.550. The van der Waals surface area contributed by atoms with Crippen molar-refractivity contribution in [3.05, 3.63) is 47.1 Å². The Morgan fingerprint density at radius 1 is 1.32 bits per heavy atom.